The van der Waals surface area contributed by atoms with Gasteiger partial charge in [-0.05, 0) is 19.1 Å². The van der Waals surface area contributed by atoms with E-state index in [1.54, 1.807) is 7.11 Å². The molecule has 0 aliphatic rings. The zero-order valence-electron chi connectivity index (χ0n) is 10.3. The Balaban J connectivity index is 2.10. The molecule has 90 valence electrons. The summed E-state index contributed by atoms with van der Waals surface area (Å²) in [6.07, 6.45) is 0. The Labute approximate surface area is 100 Å². The largest absolute Gasteiger partial charge is 0.495 e. The van der Waals surface area contributed by atoms with E-state index in [0.717, 1.165) is 23.1 Å². The molecule has 0 radical (unpaired) electrons. The summed E-state index contributed by atoms with van der Waals surface area (Å²) in [4.78, 5) is 0. The van der Waals surface area contributed by atoms with Gasteiger partial charge in [0.15, 0.2) is 5.82 Å². The number of hydrogen-bond acceptors (Lipinski definition) is 4. The topological polar surface area (TPSA) is 52.0 Å². The minimum absolute atomic E-state index is 0.623. The first-order chi connectivity index (χ1) is 8.22. The minimum atomic E-state index is 0.623. The quantitative estimate of drug-likeness (QED) is 0.872. The Hall–Kier alpha value is -2.04. The Morgan fingerprint density at radius 1 is 1.29 bits per heavy atom. The lowest BCUT2D eigenvalue weighted by molar-refractivity contribution is 0.416. The molecule has 0 bridgehead atoms. The van der Waals surface area contributed by atoms with Crippen LogP contribution in [-0.2, 0) is 13.6 Å². The number of hydrogen-bond donors (Lipinski definition) is 1. The fourth-order valence-electron chi connectivity index (χ4n) is 1.57. The molecule has 0 amide bonds. The van der Waals surface area contributed by atoms with Crippen molar-refractivity contribution in [2.45, 2.75) is 13.5 Å². The van der Waals surface area contributed by atoms with Crippen molar-refractivity contribution in [3.05, 3.63) is 35.9 Å². The number of benzene rings is 1. The van der Waals surface area contributed by atoms with Crippen LogP contribution in [0.2, 0.25) is 0 Å². The highest BCUT2D eigenvalue weighted by Crippen LogP contribution is 2.23. The second kappa shape index (κ2) is 4.86. The Morgan fingerprint density at radius 2 is 2.06 bits per heavy atom. The first kappa shape index (κ1) is 11.4. The maximum atomic E-state index is 5.26. The van der Waals surface area contributed by atoms with Gasteiger partial charge in [-0.25, -0.2) is 0 Å². The van der Waals surface area contributed by atoms with Gasteiger partial charge in [0.1, 0.15) is 11.6 Å². The first-order valence-corrected chi connectivity index (χ1v) is 5.44. The van der Waals surface area contributed by atoms with Crippen LogP contribution in [0.4, 0.5) is 5.69 Å². The van der Waals surface area contributed by atoms with Gasteiger partial charge < -0.3 is 14.6 Å². The number of aryl methyl sites for hydroxylation is 1. The molecule has 0 atom stereocenters. The Morgan fingerprint density at radius 3 is 2.71 bits per heavy atom. The fourth-order valence-corrected chi connectivity index (χ4v) is 1.57. The number of nitrogens with zero attached hydrogens (tertiary/aromatic N) is 3. The van der Waals surface area contributed by atoms with Crippen molar-refractivity contribution in [3.63, 3.8) is 0 Å². The standard InChI is InChI=1S/C12H16N4O/c1-9-14-15-12(16(9)2)8-13-10-6-4-5-7-11(10)17-3/h4-7,13H,8H2,1-3H3. The number of rotatable bonds is 4. The molecule has 1 aromatic heterocycles. The highest BCUT2D eigenvalue weighted by atomic mass is 16.5. The number of aromatic nitrogens is 3. The molecule has 0 fully saturated rings. The molecule has 0 spiro atoms. The van der Waals surface area contributed by atoms with Crippen LogP contribution in [0.5, 0.6) is 5.75 Å². The number of anilines is 1. The van der Waals surface area contributed by atoms with Crippen molar-refractivity contribution in [2.75, 3.05) is 12.4 Å². The lowest BCUT2D eigenvalue weighted by Gasteiger charge is -2.10. The minimum Gasteiger partial charge on any atom is -0.495 e. The summed E-state index contributed by atoms with van der Waals surface area (Å²) in [6.45, 7) is 2.55. The summed E-state index contributed by atoms with van der Waals surface area (Å²) in [5.74, 6) is 2.63. The Bertz CT molecular complexity index is 507. The van der Waals surface area contributed by atoms with E-state index >= 15 is 0 Å². The predicted octanol–water partition coefficient (Wildman–Crippen LogP) is 1.74. The molecule has 0 saturated heterocycles. The van der Waals surface area contributed by atoms with E-state index < -0.39 is 0 Å². The van der Waals surface area contributed by atoms with Crippen molar-refractivity contribution in [2.24, 2.45) is 7.05 Å². The summed E-state index contributed by atoms with van der Waals surface area (Å²) in [5, 5.41) is 11.4. The molecule has 1 aromatic carbocycles. The van der Waals surface area contributed by atoms with Gasteiger partial charge in [-0.3, -0.25) is 0 Å². The van der Waals surface area contributed by atoms with Gasteiger partial charge in [-0.1, -0.05) is 12.1 Å². The van der Waals surface area contributed by atoms with Gasteiger partial charge in [0.2, 0.25) is 0 Å². The molecule has 2 aromatic rings. The molecule has 5 heteroatoms. The molecule has 2 rings (SSSR count). The third-order valence-electron chi connectivity index (χ3n) is 2.73. The number of ether oxygens (including phenoxy) is 1. The summed E-state index contributed by atoms with van der Waals surface area (Å²) in [7, 11) is 3.61. The van der Waals surface area contributed by atoms with Gasteiger partial charge >= 0.3 is 0 Å². The zero-order chi connectivity index (χ0) is 12.3. The van der Waals surface area contributed by atoms with E-state index in [9.17, 15) is 0 Å². The van der Waals surface area contributed by atoms with Gasteiger partial charge in [0, 0.05) is 7.05 Å². The molecule has 0 saturated carbocycles. The van der Waals surface area contributed by atoms with E-state index in [-0.39, 0.29) is 0 Å². The molecule has 0 unspecified atom stereocenters. The second-order valence-corrected chi connectivity index (χ2v) is 3.78. The van der Waals surface area contributed by atoms with Crippen LogP contribution < -0.4 is 10.1 Å². The predicted molar refractivity (Wildman–Crippen MR) is 66.1 cm³/mol. The average molecular weight is 232 g/mol. The maximum Gasteiger partial charge on any atom is 0.152 e. The molecule has 17 heavy (non-hydrogen) atoms. The fraction of sp³-hybridized carbons (Fsp3) is 0.333. The smallest absolute Gasteiger partial charge is 0.152 e. The monoisotopic (exact) mass is 232 g/mol. The molecular formula is C12H16N4O. The average Bonchev–Trinajstić information content (AvgIpc) is 2.68. The summed E-state index contributed by atoms with van der Waals surface area (Å²) in [6, 6.07) is 7.80. The normalized spacial score (nSPS) is 10.3. The molecule has 1 N–H and O–H groups in total. The van der Waals surface area contributed by atoms with E-state index in [2.05, 4.69) is 15.5 Å². The van der Waals surface area contributed by atoms with Crippen molar-refractivity contribution in [3.8, 4) is 5.75 Å². The third-order valence-corrected chi connectivity index (χ3v) is 2.73. The van der Waals surface area contributed by atoms with Crippen molar-refractivity contribution < 1.29 is 4.74 Å². The van der Waals surface area contributed by atoms with Crippen LogP contribution in [0.25, 0.3) is 0 Å². The van der Waals surface area contributed by atoms with Gasteiger partial charge in [0.05, 0.1) is 19.3 Å². The first-order valence-electron chi connectivity index (χ1n) is 5.44. The maximum absolute atomic E-state index is 5.26. The highest BCUT2D eigenvalue weighted by Gasteiger charge is 2.06. The number of methoxy groups -OCH3 is 1. The van der Waals surface area contributed by atoms with E-state index in [4.69, 9.17) is 4.74 Å². The molecular weight excluding hydrogens is 216 g/mol. The Kier molecular flexibility index (Phi) is 3.27. The van der Waals surface area contributed by atoms with Crippen molar-refractivity contribution >= 4 is 5.69 Å². The summed E-state index contributed by atoms with van der Waals surface area (Å²) < 4.78 is 7.22. The molecule has 0 aliphatic carbocycles. The van der Waals surface area contributed by atoms with Crippen molar-refractivity contribution in [1.29, 1.82) is 0 Å². The van der Waals surface area contributed by atoms with Crippen LogP contribution in [0.1, 0.15) is 11.6 Å². The summed E-state index contributed by atoms with van der Waals surface area (Å²) in [5.41, 5.74) is 0.954. The lowest BCUT2D eigenvalue weighted by Crippen LogP contribution is -2.07. The molecule has 5 nitrogen and oxygen atoms in total. The number of nitrogens with one attached hydrogen (secondary N) is 1. The van der Waals surface area contributed by atoms with Gasteiger partial charge in [0.25, 0.3) is 0 Å². The summed E-state index contributed by atoms with van der Waals surface area (Å²) >= 11 is 0. The highest BCUT2D eigenvalue weighted by molar-refractivity contribution is 5.56. The van der Waals surface area contributed by atoms with Gasteiger partial charge in [-0.2, -0.15) is 0 Å². The van der Waals surface area contributed by atoms with Gasteiger partial charge in [-0.15, -0.1) is 10.2 Å². The molecule has 0 aliphatic heterocycles. The molecule has 1 heterocycles. The van der Waals surface area contributed by atoms with Crippen LogP contribution in [-0.4, -0.2) is 21.9 Å². The SMILES string of the molecule is COc1ccccc1NCc1nnc(C)n1C. The van der Waals surface area contributed by atoms with E-state index in [1.165, 1.54) is 0 Å². The van der Waals surface area contributed by atoms with Crippen LogP contribution in [0, 0.1) is 6.92 Å². The van der Waals surface area contributed by atoms with E-state index in [1.807, 2.05) is 42.8 Å². The number of para-hydroxylation sites is 2. The van der Waals surface area contributed by atoms with Crippen LogP contribution >= 0.6 is 0 Å². The van der Waals surface area contributed by atoms with Crippen LogP contribution in [0.3, 0.4) is 0 Å². The second-order valence-electron chi connectivity index (χ2n) is 3.78. The zero-order valence-corrected chi connectivity index (χ0v) is 10.3. The lowest BCUT2D eigenvalue weighted by atomic mass is 10.3. The van der Waals surface area contributed by atoms with Crippen molar-refractivity contribution in [1.82, 2.24) is 14.8 Å². The third kappa shape index (κ3) is 2.38. The van der Waals surface area contributed by atoms with E-state index in [0.29, 0.717) is 6.54 Å². The van der Waals surface area contributed by atoms with Crippen LogP contribution in [0.15, 0.2) is 24.3 Å².